The Labute approximate surface area is 158 Å². The van der Waals surface area contributed by atoms with Crippen LogP contribution in [-0.4, -0.2) is 42.0 Å². The second kappa shape index (κ2) is 9.91. The average Bonchev–Trinajstić information content (AvgIpc) is 3.16. The Bertz CT molecular complexity index is 711. The van der Waals surface area contributed by atoms with Crippen molar-refractivity contribution in [2.24, 2.45) is 0 Å². The van der Waals surface area contributed by atoms with Gasteiger partial charge in [0.1, 0.15) is 12.4 Å². The second-order valence-electron chi connectivity index (χ2n) is 6.41. The summed E-state index contributed by atoms with van der Waals surface area (Å²) in [5.74, 6) is 1.96. The van der Waals surface area contributed by atoms with Gasteiger partial charge in [0.2, 0.25) is 5.89 Å². The number of hydrogen-bond acceptors (Lipinski definition) is 6. The van der Waals surface area contributed by atoms with Crippen molar-refractivity contribution in [2.75, 3.05) is 25.1 Å². The molecule has 2 heterocycles. The number of nitrogens with one attached hydrogen (secondary N) is 2. The van der Waals surface area contributed by atoms with Gasteiger partial charge in [0.05, 0.1) is 6.10 Å². The highest BCUT2D eigenvalue weighted by Gasteiger charge is 2.14. The molecule has 146 valence electrons. The zero-order valence-corrected chi connectivity index (χ0v) is 15.6. The van der Waals surface area contributed by atoms with Crippen molar-refractivity contribution in [1.82, 2.24) is 15.5 Å². The van der Waals surface area contributed by atoms with E-state index in [1.54, 1.807) is 0 Å². The van der Waals surface area contributed by atoms with Gasteiger partial charge in [0.25, 0.3) is 0 Å². The molecule has 1 unspecified atom stereocenters. The number of anilines is 1. The minimum atomic E-state index is -0.279. The van der Waals surface area contributed by atoms with E-state index in [2.05, 4.69) is 20.8 Å². The van der Waals surface area contributed by atoms with Gasteiger partial charge in [-0.1, -0.05) is 12.1 Å². The van der Waals surface area contributed by atoms with Gasteiger partial charge >= 0.3 is 6.03 Å². The highest BCUT2D eigenvalue weighted by molar-refractivity contribution is 5.89. The average molecular weight is 374 g/mol. The smallest absolute Gasteiger partial charge is 0.319 e. The van der Waals surface area contributed by atoms with Gasteiger partial charge in [-0.2, -0.15) is 4.98 Å². The standard InChI is InChI=1S/C19H26N4O4/c1-2-18-22-17(23-27-18)10-11-20-19(24)21-14-6-8-15(9-7-14)26-13-16-5-3-4-12-25-16/h6-9,16H,2-5,10-13H2,1H3,(H2,20,21,24). The number of carbonyl (C=O) groups is 1. The van der Waals surface area contributed by atoms with Crippen molar-refractivity contribution in [1.29, 1.82) is 0 Å². The van der Waals surface area contributed by atoms with E-state index in [1.807, 2.05) is 31.2 Å². The minimum Gasteiger partial charge on any atom is -0.491 e. The maximum atomic E-state index is 11.9. The number of benzene rings is 1. The van der Waals surface area contributed by atoms with Crippen LogP contribution < -0.4 is 15.4 Å². The van der Waals surface area contributed by atoms with Crippen molar-refractivity contribution in [3.05, 3.63) is 36.0 Å². The Balaban J connectivity index is 1.36. The van der Waals surface area contributed by atoms with Gasteiger partial charge in [-0.15, -0.1) is 0 Å². The zero-order chi connectivity index (χ0) is 18.9. The number of ether oxygens (including phenoxy) is 2. The first-order chi connectivity index (χ1) is 13.2. The van der Waals surface area contributed by atoms with Crippen LogP contribution in [0.4, 0.5) is 10.5 Å². The number of urea groups is 1. The molecule has 1 saturated heterocycles. The van der Waals surface area contributed by atoms with Gasteiger partial charge < -0.3 is 24.6 Å². The monoisotopic (exact) mass is 374 g/mol. The molecule has 0 spiro atoms. The summed E-state index contributed by atoms with van der Waals surface area (Å²) < 4.78 is 16.4. The van der Waals surface area contributed by atoms with Crippen LogP contribution in [0.1, 0.15) is 37.9 Å². The summed E-state index contributed by atoms with van der Waals surface area (Å²) >= 11 is 0. The number of aromatic nitrogens is 2. The second-order valence-corrected chi connectivity index (χ2v) is 6.41. The quantitative estimate of drug-likeness (QED) is 0.737. The molecule has 2 amide bonds. The van der Waals surface area contributed by atoms with Crippen LogP contribution in [0.2, 0.25) is 0 Å². The summed E-state index contributed by atoms with van der Waals surface area (Å²) in [6, 6.07) is 7.01. The van der Waals surface area contributed by atoms with Crippen LogP contribution in [0.3, 0.4) is 0 Å². The number of hydrogen-bond donors (Lipinski definition) is 2. The fourth-order valence-electron chi connectivity index (χ4n) is 2.76. The predicted molar refractivity (Wildman–Crippen MR) is 99.9 cm³/mol. The summed E-state index contributed by atoms with van der Waals surface area (Å²) in [6.45, 7) is 3.75. The molecule has 27 heavy (non-hydrogen) atoms. The van der Waals surface area contributed by atoms with Crippen molar-refractivity contribution in [2.45, 2.75) is 45.1 Å². The molecule has 2 N–H and O–H groups in total. The summed E-state index contributed by atoms with van der Waals surface area (Å²) in [6.07, 6.45) is 4.77. The molecular formula is C19H26N4O4. The Morgan fingerprint density at radius 3 is 2.85 bits per heavy atom. The van der Waals surface area contributed by atoms with E-state index >= 15 is 0 Å². The molecule has 1 atom stereocenters. The molecule has 1 aliphatic rings. The summed E-state index contributed by atoms with van der Waals surface area (Å²) in [5.41, 5.74) is 0.696. The van der Waals surface area contributed by atoms with Crippen LogP contribution in [0.5, 0.6) is 5.75 Å². The van der Waals surface area contributed by atoms with Gasteiger partial charge in [-0.05, 0) is 43.5 Å². The Kier molecular flexibility index (Phi) is 7.04. The lowest BCUT2D eigenvalue weighted by Crippen LogP contribution is -2.30. The molecule has 1 aromatic heterocycles. The first-order valence-corrected chi connectivity index (χ1v) is 9.43. The zero-order valence-electron chi connectivity index (χ0n) is 15.6. The molecule has 1 fully saturated rings. The van der Waals surface area contributed by atoms with Gasteiger partial charge in [-0.25, -0.2) is 4.79 Å². The van der Waals surface area contributed by atoms with E-state index in [4.69, 9.17) is 14.0 Å². The van der Waals surface area contributed by atoms with E-state index in [0.29, 0.717) is 43.4 Å². The lowest BCUT2D eigenvalue weighted by Gasteiger charge is -2.22. The fourth-order valence-corrected chi connectivity index (χ4v) is 2.76. The Hall–Kier alpha value is -2.61. The van der Waals surface area contributed by atoms with Crippen LogP contribution >= 0.6 is 0 Å². The molecule has 2 aromatic rings. The molecule has 0 saturated carbocycles. The number of rotatable bonds is 8. The van der Waals surface area contributed by atoms with E-state index < -0.39 is 0 Å². The lowest BCUT2D eigenvalue weighted by molar-refractivity contribution is -0.0110. The third kappa shape index (κ3) is 6.25. The van der Waals surface area contributed by atoms with Gasteiger partial charge in [0.15, 0.2) is 5.82 Å². The van der Waals surface area contributed by atoms with E-state index in [1.165, 1.54) is 6.42 Å². The lowest BCUT2D eigenvalue weighted by atomic mass is 10.1. The van der Waals surface area contributed by atoms with Gasteiger partial charge in [0, 0.05) is 31.7 Å². The van der Waals surface area contributed by atoms with Gasteiger partial charge in [-0.3, -0.25) is 0 Å². The molecule has 8 heteroatoms. The predicted octanol–water partition coefficient (Wildman–Crippen LogP) is 2.94. The summed E-state index contributed by atoms with van der Waals surface area (Å²) in [5, 5.41) is 9.40. The van der Waals surface area contributed by atoms with Crippen molar-refractivity contribution >= 4 is 11.7 Å². The third-order valence-corrected chi connectivity index (χ3v) is 4.27. The van der Waals surface area contributed by atoms with Crippen molar-refractivity contribution in [3.63, 3.8) is 0 Å². The maximum absolute atomic E-state index is 11.9. The van der Waals surface area contributed by atoms with E-state index in [0.717, 1.165) is 25.2 Å². The molecule has 1 aromatic carbocycles. The first kappa shape index (κ1) is 19.2. The minimum absolute atomic E-state index is 0.176. The SMILES string of the molecule is CCc1nc(CCNC(=O)Nc2ccc(OCC3CCCCO3)cc2)no1. The van der Waals surface area contributed by atoms with Crippen LogP contribution in [-0.2, 0) is 17.6 Å². The number of amides is 2. The highest BCUT2D eigenvalue weighted by Crippen LogP contribution is 2.18. The Morgan fingerprint density at radius 1 is 1.30 bits per heavy atom. The summed E-state index contributed by atoms with van der Waals surface area (Å²) in [7, 11) is 0. The number of nitrogens with zero attached hydrogens (tertiary/aromatic N) is 2. The molecule has 8 nitrogen and oxygen atoms in total. The molecular weight excluding hydrogens is 348 g/mol. The van der Waals surface area contributed by atoms with E-state index in [9.17, 15) is 4.79 Å². The first-order valence-electron chi connectivity index (χ1n) is 9.43. The van der Waals surface area contributed by atoms with Crippen molar-refractivity contribution in [3.8, 4) is 5.75 Å². The molecule has 0 aliphatic carbocycles. The normalized spacial score (nSPS) is 16.7. The number of aryl methyl sites for hydroxylation is 1. The highest BCUT2D eigenvalue weighted by atomic mass is 16.5. The maximum Gasteiger partial charge on any atom is 0.319 e. The number of carbonyl (C=O) groups excluding carboxylic acids is 1. The van der Waals surface area contributed by atoms with Crippen LogP contribution in [0.15, 0.2) is 28.8 Å². The molecule has 0 radical (unpaired) electrons. The molecule has 3 rings (SSSR count). The topological polar surface area (TPSA) is 98.5 Å². The molecule has 1 aliphatic heterocycles. The summed E-state index contributed by atoms with van der Waals surface area (Å²) in [4.78, 5) is 16.1. The van der Waals surface area contributed by atoms with Crippen molar-refractivity contribution < 1.29 is 18.8 Å². The third-order valence-electron chi connectivity index (χ3n) is 4.27. The Morgan fingerprint density at radius 2 is 2.15 bits per heavy atom. The van der Waals surface area contributed by atoms with Crippen LogP contribution in [0, 0.1) is 0 Å². The molecule has 0 bridgehead atoms. The van der Waals surface area contributed by atoms with Crippen LogP contribution in [0.25, 0.3) is 0 Å². The fraction of sp³-hybridized carbons (Fsp3) is 0.526. The van der Waals surface area contributed by atoms with E-state index in [-0.39, 0.29) is 12.1 Å². The largest absolute Gasteiger partial charge is 0.491 e.